The van der Waals surface area contributed by atoms with Gasteiger partial charge in [-0.05, 0) is 19.8 Å². The highest BCUT2D eigenvalue weighted by molar-refractivity contribution is 5.35. The average Bonchev–Trinajstić information content (AvgIpc) is 2.36. The first-order valence-electron chi connectivity index (χ1n) is 6.52. The third kappa shape index (κ3) is 4.73. The summed E-state index contributed by atoms with van der Waals surface area (Å²) in [6.07, 6.45) is 3.12. The maximum Gasteiger partial charge on any atom is 0.323 e. The van der Waals surface area contributed by atoms with Crippen LogP contribution in [-0.2, 0) is 0 Å². The summed E-state index contributed by atoms with van der Waals surface area (Å²) < 4.78 is 5.44. The van der Waals surface area contributed by atoms with Gasteiger partial charge in [-0.2, -0.15) is 15.0 Å². The number of rotatable bonds is 8. The molecule has 0 radical (unpaired) electrons. The van der Waals surface area contributed by atoms with Gasteiger partial charge in [0.1, 0.15) is 0 Å². The Morgan fingerprint density at radius 1 is 1.11 bits per heavy atom. The van der Waals surface area contributed by atoms with Gasteiger partial charge in [0.05, 0.1) is 6.61 Å². The van der Waals surface area contributed by atoms with Gasteiger partial charge in [-0.3, -0.25) is 0 Å². The third-order valence-electron chi connectivity index (χ3n) is 2.37. The molecule has 0 saturated carbocycles. The van der Waals surface area contributed by atoms with Gasteiger partial charge in [-0.15, -0.1) is 0 Å². The molecule has 1 aromatic rings. The monoisotopic (exact) mass is 253 g/mol. The molecule has 0 saturated heterocycles. The Balaban J connectivity index is 2.76. The lowest BCUT2D eigenvalue weighted by Crippen LogP contribution is -2.18. The van der Waals surface area contributed by atoms with Crippen LogP contribution < -0.4 is 15.4 Å². The van der Waals surface area contributed by atoms with Crippen LogP contribution in [0.15, 0.2) is 0 Å². The summed E-state index contributed by atoms with van der Waals surface area (Å²) in [5.74, 6) is 1.07. The number of nitrogens with one attached hydrogen (secondary N) is 2. The Morgan fingerprint density at radius 2 is 1.83 bits per heavy atom. The van der Waals surface area contributed by atoms with Crippen LogP contribution in [0.1, 0.15) is 40.0 Å². The number of hydrogen-bond acceptors (Lipinski definition) is 6. The fraction of sp³-hybridized carbons (Fsp3) is 0.750. The molecule has 6 nitrogen and oxygen atoms in total. The molecule has 1 atom stereocenters. The molecule has 0 bridgehead atoms. The second-order valence-corrected chi connectivity index (χ2v) is 4.20. The van der Waals surface area contributed by atoms with Crippen LogP contribution in [-0.4, -0.2) is 34.6 Å². The van der Waals surface area contributed by atoms with Crippen molar-refractivity contribution >= 4 is 11.9 Å². The Labute approximate surface area is 109 Å². The van der Waals surface area contributed by atoms with E-state index in [9.17, 15) is 0 Å². The van der Waals surface area contributed by atoms with E-state index in [-0.39, 0.29) is 0 Å². The first-order valence-corrected chi connectivity index (χ1v) is 6.52. The lowest BCUT2D eigenvalue weighted by molar-refractivity contribution is 0.292. The fourth-order valence-electron chi connectivity index (χ4n) is 1.52. The van der Waals surface area contributed by atoms with Gasteiger partial charge in [0, 0.05) is 13.1 Å². The quantitative estimate of drug-likeness (QED) is 0.740. The first-order chi connectivity index (χ1) is 8.69. The van der Waals surface area contributed by atoms with Crippen molar-refractivity contribution in [2.45, 2.75) is 46.1 Å². The molecule has 2 N–H and O–H groups in total. The van der Waals surface area contributed by atoms with Crippen LogP contribution in [0.3, 0.4) is 0 Å². The largest absolute Gasteiger partial charge is 0.463 e. The molecule has 1 unspecified atom stereocenters. The summed E-state index contributed by atoms with van der Waals surface area (Å²) in [4.78, 5) is 12.7. The van der Waals surface area contributed by atoms with Crippen molar-refractivity contribution < 1.29 is 4.74 Å². The van der Waals surface area contributed by atoms with E-state index in [2.05, 4.69) is 39.4 Å². The highest BCUT2D eigenvalue weighted by Gasteiger charge is 2.08. The zero-order valence-electron chi connectivity index (χ0n) is 11.7. The molecule has 0 fully saturated rings. The lowest BCUT2D eigenvalue weighted by atomic mass is 10.2. The molecule has 1 aromatic heterocycles. The number of aromatic nitrogens is 3. The molecular formula is C12H23N5O. The molecule has 0 aliphatic rings. The summed E-state index contributed by atoms with van der Waals surface area (Å²) in [6, 6.07) is 0.698. The zero-order valence-corrected chi connectivity index (χ0v) is 11.7. The van der Waals surface area contributed by atoms with E-state index in [1.807, 2.05) is 6.92 Å². The molecule has 1 heterocycles. The van der Waals surface area contributed by atoms with Crippen molar-refractivity contribution in [3.8, 4) is 6.01 Å². The van der Waals surface area contributed by atoms with E-state index in [4.69, 9.17) is 4.74 Å². The van der Waals surface area contributed by atoms with Gasteiger partial charge in [0.15, 0.2) is 0 Å². The SMILES string of the molecule is CCCOc1nc(NC)nc(NC(C)CCC)n1. The summed E-state index contributed by atoms with van der Waals surface area (Å²) in [5, 5.41) is 6.16. The van der Waals surface area contributed by atoms with E-state index in [0.717, 1.165) is 19.3 Å². The van der Waals surface area contributed by atoms with Crippen LogP contribution in [0.4, 0.5) is 11.9 Å². The summed E-state index contributed by atoms with van der Waals surface area (Å²) in [6.45, 7) is 6.92. The van der Waals surface area contributed by atoms with Crippen LogP contribution in [0, 0.1) is 0 Å². The van der Waals surface area contributed by atoms with Gasteiger partial charge in [0.25, 0.3) is 0 Å². The lowest BCUT2D eigenvalue weighted by Gasteiger charge is -2.13. The van der Waals surface area contributed by atoms with Crippen LogP contribution in [0.2, 0.25) is 0 Å². The van der Waals surface area contributed by atoms with Crippen molar-refractivity contribution in [2.24, 2.45) is 0 Å². The van der Waals surface area contributed by atoms with Crippen molar-refractivity contribution in [3.05, 3.63) is 0 Å². The predicted molar refractivity (Wildman–Crippen MR) is 73.2 cm³/mol. The standard InChI is InChI=1S/C12H23N5O/c1-5-7-9(3)14-11-15-10(13-4)16-12(17-11)18-8-6-2/h9H,5-8H2,1-4H3,(H2,13,14,15,16,17). The molecule has 0 aromatic carbocycles. The number of anilines is 2. The van der Waals surface area contributed by atoms with E-state index in [1.165, 1.54) is 0 Å². The minimum atomic E-state index is 0.334. The summed E-state index contributed by atoms with van der Waals surface area (Å²) in [7, 11) is 1.78. The zero-order chi connectivity index (χ0) is 13.4. The van der Waals surface area contributed by atoms with Gasteiger partial charge >= 0.3 is 6.01 Å². The van der Waals surface area contributed by atoms with Crippen LogP contribution >= 0.6 is 0 Å². The van der Waals surface area contributed by atoms with Crippen molar-refractivity contribution in [1.82, 2.24) is 15.0 Å². The fourth-order valence-corrected chi connectivity index (χ4v) is 1.52. The molecule has 102 valence electrons. The minimum absolute atomic E-state index is 0.334. The van der Waals surface area contributed by atoms with Gasteiger partial charge in [-0.25, -0.2) is 0 Å². The number of ether oxygens (including phenoxy) is 1. The topological polar surface area (TPSA) is 72.0 Å². The first kappa shape index (κ1) is 14.5. The molecule has 0 aliphatic heterocycles. The number of nitrogens with zero attached hydrogens (tertiary/aromatic N) is 3. The molecule has 1 rings (SSSR count). The smallest absolute Gasteiger partial charge is 0.323 e. The Kier molecular flexibility index (Phi) is 6.18. The second kappa shape index (κ2) is 7.68. The van der Waals surface area contributed by atoms with Gasteiger partial charge in [0.2, 0.25) is 11.9 Å². The van der Waals surface area contributed by atoms with Crippen LogP contribution in [0.25, 0.3) is 0 Å². The second-order valence-electron chi connectivity index (χ2n) is 4.20. The van der Waals surface area contributed by atoms with Crippen molar-refractivity contribution in [2.75, 3.05) is 24.3 Å². The van der Waals surface area contributed by atoms with E-state index in [0.29, 0.717) is 30.6 Å². The molecule has 6 heteroatoms. The molecule has 0 amide bonds. The summed E-state index contributed by atoms with van der Waals surface area (Å²) in [5.41, 5.74) is 0. The number of hydrogen-bond donors (Lipinski definition) is 2. The maximum atomic E-state index is 5.44. The highest BCUT2D eigenvalue weighted by Crippen LogP contribution is 2.12. The molecular weight excluding hydrogens is 230 g/mol. The molecule has 18 heavy (non-hydrogen) atoms. The average molecular weight is 253 g/mol. The highest BCUT2D eigenvalue weighted by atomic mass is 16.5. The Morgan fingerprint density at radius 3 is 2.44 bits per heavy atom. The van der Waals surface area contributed by atoms with Gasteiger partial charge < -0.3 is 15.4 Å². The van der Waals surface area contributed by atoms with Crippen molar-refractivity contribution in [1.29, 1.82) is 0 Å². The Hall–Kier alpha value is -1.59. The van der Waals surface area contributed by atoms with Gasteiger partial charge in [-0.1, -0.05) is 20.3 Å². The third-order valence-corrected chi connectivity index (χ3v) is 2.37. The Bertz CT molecular complexity index is 358. The maximum absolute atomic E-state index is 5.44. The molecule has 0 aliphatic carbocycles. The molecule has 0 spiro atoms. The van der Waals surface area contributed by atoms with Crippen LogP contribution in [0.5, 0.6) is 6.01 Å². The predicted octanol–water partition coefficient (Wildman–Crippen LogP) is 2.30. The van der Waals surface area contributed by atoms with E-state index < -0.39 is 0 Å². The van der Waals surface area contributed by atoms with Crippen molar-refractivity contribution in [3.63, 3.8) is 0 Å². The van der Waals surface area contributed by atoms with E-state index in [1.54, 1.807) is 7.05 Å². The minimum Gasteiger partial charge on any atom is -0.463 e. The van der Waals surface area contributed by atoms with E-state index >= 15 is 0 Å². The normalized spacial score (nSPS) is 12.0. The summed E-state index contributed by atoms with van der Waals surface area (Å²) >= 11 is 0.